The van der Waals surface area contributed by atoms with Gasteiger partial charge in [0.05, 0.1) is 25.4 Å². The maximum absolute atomic E-state index is 13.8. The first-order chi connectivity index (χ1) is 38.9. The molecule has 2 aliphatic carbocycles. The molecule has 3 rings (SSSR count). The average molecular weight is 1230 g/mol. The Morgan fingerprint density at radius 1 is 0.439 bits per heavy atom. The normalized spacial score (nSPS) is 33.3. The molecule has 17 N–H and O–H groups in total. The minimum atomic E-state index is -5.58. The fourth-order valence-corrected chi connectivity index (χ4v) is 12.5. The number of phosphoric ester groups is 2. The number of unbranched alkanes of at least 4 members (excludes halogenated alkanes) is 25. The maximum Gasteiger partial charge on any atom is 0.472 e. The molecule has 1 heterocycles. The van der Waals surface area contributed by atoms with Gasteiger partial charge in [-0.15, -0.1) is 0 Å². The molecule has 1 aliphatic heterocycles. The molecule has 0 aromatic rings. The van der Waals surface area contributed by atoms with Crippen molar-refractivity contribution in [1.29, 1.82) is 0 Å². The molecule has 0 radical (unpaired) electrons. The van der Waals surface area contributed by atoms with Crippen molar-refractivity contribution in [2.75, 3.05) is 13.2 Å². The van der Waals surface area contributed by atoms with E-state index in [0.717, 1.165) is 64.2 Å². The molecule has 0 aromatic carbocycles. The Hall–Kier alpha value is -0.950. The lowest BCUT2D eigenvalue weighted by Crippen LogP contribution is -2.67. The molecule has 1 amide bonds. The van der Waals surface area contributed by atoms with E-state index in [2.05, 4.69) is 19.2 Å². The predicted molar refractivity (Wildman–Crippen MR) is 296 cm³/mol. The molecule has 486 valence electrons. The molecule has 3 fully saturated rings. The van der Waals surface area contributed by atoms with Crippen molar-refractivity contribution >= 4 is 21.6 Å². The highest BCUT2D eigenvalue weighted by atomic mass is 31.2. The fourth-order valence-electron chi connectivity index (χ4n) is 10.6. The summed E-state index contributed by atoms with van der Waals surface area (Å²) in [5, 5.41) is 151. The first kappa shape index (κ1) is 75.3. The van der Waals surface area contributed by atoms with Crippen LogP contribution in [0.5, 0.6) is 0 Å². The van der Waals surface area contributed by atoms with Crippen LogP contribution in [0.25, 0.3) is 0 Å². The van der Waals surface area contributed by atoms with Crippen molar-refractivity contribution < 1.29 is 123 Å². The maximum atomic E-state index is 13.8. The second-order valence-electron chi connectivity index (χ2n) is 22.8. The molecular weight excluding hydrogens is 1120 g/mol. The van der Waals surface area contributed by atoms with E-state index in [1.54, 1.807) is 0 Å². The van der Waals surface area contributed by atoms with Gasteiger partial charge in [-0.2, -0.15) is 0 Å². The summed E-state index contributed by atoms with van der Waals surface area (Å²) in [6, 6.07) is -1.41. The van der Waals surface area contributed by atoms with Gasteiger partial charge in [0.25, 0.3) is 0 Å². The lowest BCUT2D eigenvalue weighted by Gasteiger charge is -2.47. The number of nitrogens with one attached hydrogen (secondary N) is 1. The lowest BCUT2D eigenvalue weighted by atomic mass is 9.84. The van der Waals surface area contributed by atoms with Gasteiger partial charge in [0.15, 0.2) is 6.29 Å². The monoisotopic (exact) mass is 1230 g/mol. The Balaban J connectivity index is 1.66. The molecule has 3 aliphatic rings. The third kappa shape index (κ3) is 26.0. The van der Waals surface area contributed by atoms with Crippen molar-refractivity contribution in [1.82, 2.24) is 5.32 Å². The third-order valence-corrected chi connectivity index (χ3v) is 17.9. The molecule has 22 atom stereocenters. The summed E-state index contributed by atoms with van der Waals surface area (Å²) >= 11 is 0. The van der Waals surface area contributed by atoms with Crippen molar-refractivity contribution in [2.45, 2.75) is 322 Å². The molecule has 14 unspecified atom stereocenters. The topological polar surface area (TPSA) is 442 Å². The van der Waals surface area contributed by atoms with Crippen LogP contribution < -0.4 is 5.32 Å². The molecule has 0 spiro atoms. The summed E-state index contributed by atoms with van der Waals surface area (Å²) in [6.45, 7) is 2.22. The number of amides is 1. The van der Waals surface area contributed by atoms with E-state index in [1.165, 1.54) is 96.3 Å². The second-order valence-corrected chi connectivity index (χ2v) is 25.6. The van der Waals surface area contributed by atoms with Crippen LogP contribution in [0.3, 0.4) is 0 Å². The SMILES string of the molecule is CCCCCCCCCCCCCCCCC[C@@H](O)[C@H](COP(=O)(O)O[C@H]1C(O)C(O)C(O)[C@@H](O)C1O[C@H]1O[C@H](COP(=O)(O)OC2C(O)C(O)C(O)[C@@H](O)C2O)[C@@H](O)C(O)C1O)NC(=O)C(O)CCCCCCCCCCCCCC. The van der Waals surface area contributed by atoms with Crippen LogP contribution in [-0.4, -0.2) is 223 Å². The van der Waals surface area contributed by atoms with Gasteiger partial charge in [-0.1, -0.05) is 187 Å². The zero-order valence-electron chi connectivity index (χ0n) is 48.2. The first-order valence-electron chi connectivity index (χ1n) is 30.3. The van der Waals surface area contributed by atoms with Gasteiger partial charge in [-0.25, -0.2) is 9.13 Å². The highest BCUT2D eigenvalue weighted by molar-refractivity contribution is 7.47. The number of rotatable bonds is 44. The molecular formula is C54H105NO25P2. The molecule has 0 bridgehead atoms. The van der Waals surface area contributed by atoms with E-state index < -0.39 is 157 Å². The van der Waals surface area contributed by atoms with Crippen LogP contribution in [-0.2, 0) is 41.5 Å². The third-order valence-electron chi connectivity index (χ3n) is 15.9. The lowest BCUT2D eigenvalue weighted by molar-refractivity contribution is -0.337. The summed E-state index contributed by atoms with van der Waals surface area (Å²) in [5.74, 6) is -0.879. The van der Waals surface area contributed by atoms with Gasteiger partial charge >= 0.3 is 15.6 Å². The van der Waals surface area contributed by atoms with Crippen molar-refractivity contribution in [2.24, 2.45) is 0 Å². The van der Waals surface area contributed by atoms with Crippen LogP contribution in [0, 0.1) is 0 Å². The van der Waals surface area contributed by atoms with E-state index in [1.807, 2.05) is 0 Å². The smallest absolute Gasteiger partial charge is 0.391 e. The fraction of sp³-hybridized carbons (Fsp3) is 0.981. The van der Waals surface area contributed by atoms with E-state index in [9.17, 15) is 95.2 Å². The Morgan fingerprint density at radius 3 is 1.22 bits per heavy atom. The molecule has 82 heavy (non-hydrogen) atoms. The number of hydrogen-bond donors (Lipinski definition) is 17. The molecule has 0 aromatic heterocycles. The van der Waals surface area contributed by atoms with Crippen LogP contribution in [0.4, 0.5) is 0 Å². The van der Waals surface area contributed by atoms with E-state index in [4.69, 9.17) is 27.6 Å². The Morgan fingerprint density at radius 2 is 0.780 bits per heavy atom. The number of carbonyl (C=O) groups excluding carboxylic acids is 1. The predicted octanol–water partition coefficient (Wildman–Crippen LogP) is 2.02. The highest BCUT2D eigenvalue weighted by Crippen LogP contribution is 2.49. The van der Waals surface area contributed by atoms with E-state index >= 15 is 0 Å². The average Bonchev–Trinajstić information content (AvgIpc) is 3.49. The van der Waals surface area contributed by atoms with Gasteiger partial charge in [-0.3, -0.25) is 22.9 Å². The zero-order valence-corrected chi connectivity index (χ0v) is 50.0. The van der Waals surface area contributed by atoms with Crippen molar-refractivity contribution in [3.8, 4) is 0 Å². The largest absolute Gasteiger partial charge is 0.472 e. The van der Waals surface area contributed by atoms with Crippen molar-refractivity contribution in [3.05, 3.63) is 0 Å². The van der Waals surface area contributed by atoms with E-state index in [-0.39, 0.29) is 12.8 Å². The zero-order chi connectivity index (χ0) is 61.0. The van der Waals surface area contributed by atoms with Gasteiger partial charge in [-0.05, 0) is 12.8 Å². The van der Waals surface area contributed by atoms with Crippen LogP contribution >= 0.6 is 15.6 Å². The number of phosphoric acid groups is 2. The summed E-state index contributed by atoms with van der Waals surface area (Å²) in [4.78, 5) is 34.9. The summed E-state index contributed by atoms with van der Waals surface area (Å²) < 4.78 is 57.7. The Labute approximate surface area is 483 Å². The number of ether oxygens (including phenoxy) is 2. The van der Waals surface area contributed by atoms with Gasteiger partial charge < -0.3 is 96.1 Å². The number of hydrogen-bond acceptors (Lipinski definition) is 23. The molecule has 2 saturated carbocycles. The van der Waals surface area contributed by atoms with Crippen LogP contribution in [0.15, 0.2) is 0 Å². The number of carbonyl (C=O) groups is 1. The summed E-state index contributed by atoms with van der Waals surface area (Å²) in [7, 11) is -11.1. The first-order valence-corrected chi connectivity index (χ1v) is 33.3. The second kappa shape index (κ2) is 39.8. The minimum Gasteiger partial charge on any atom is -0.391 e. The number of aliphatic hydroxyl groups is 14. The van der Waals surface area contributed by atoms with Gasteiger partial charge in [0, 0.05) is 0 Å². The minimum absolute atomic E-state index is 0.102. The standard InChI is InChI=1S/C54H105NO25P2/c1-3-5-7-9-11-13-15-17-18-19-21-22-24-26-28-30-35(56)34(55-53(70)36(57)31-29-27-25-23-20-16-14-12-10-8-6-4-2)32-75-81(71,72)80-52-48(68)44(64)43(63)47(67)51(52)78-54-49(69)39(59)38(58)37(77-54)33-76-82(73,74)79-50-45(65)41(61)40(60)42(62)46(50)66/h34-52,54,56-69H,3-33H2,1-2H3,(H,55,70)(H,71,72)(H,73,74)/t34-,35+,36?,37+,38+,39?,40?,41+,42?,43?,44?,45?,46?,47+,48?,49?,50?,51?,52-,54+/m0/s1. The van der Waals surface area contributed by atoms with Gasteiger partial charge in [0.1, 0.15) is 104 Å². The Bertz CT molecular complexity index is 1790. The van der Waals surface area contributed by atoms with E-state index in [0.29, 0.717) is 12.8 Å². The van der Waals surface area contributed by atoms with Crippen LogP contribution in [0.1, 0.15) is 200 Å². The van der Waals surface area contributed by atoms with Gasteiger partial charge in [0.2, 0.25) is 5.91 Å². The molecule has 1 saturated heterocycles. The Kier molecular flexibility index (Phi) is 36.6. The molecule has 26 nitrogen and oxygen atoms in total. The highest BCUT2D eigenvalue weighted by Gasteiger charge is 2.56. The van der Waals surface area contributed by atoms with Crippen LogP contribution in [0.2, 0.25) is 0 Å². The number of aliphatic hydroxyl groups excluding tert-OH is 14. The summed E-state index contributed by atoms with van der Waals surface area (Å²) in [5.41, 5.74) is 0. The quantitative estimate of drug-likeness (QED) is 0.0306. The molecule has 28 heteroatoms. The van der Waals surface area contributed by atoms with Crippen molar-refractivity contribution in [3.63, 3.8) is 0 Å². The summed E-state index contributed by atoms with van der Waals surface area (Å²) in [6.07, 6.45) is -11.4.